The molecule has 0 saturated heterocycles. The average molecular weight is 783 g/mol. The van der Waals surface area contributed by atoms with Crippen LogP contribution in [0.2, 0.25) is 0 Å². The molecule has 0 radical (unpaired) electrons. The van der Waals surface area contributed by atoms with E-state index in [2.05, 4.69) is 66.7 Å². The van der Waals surface area contributed by atoms with E-state index in [9.17, 15) is 10.5 Å². The molecule has 4 nitrogen and oxygen atoms in total. The summed E-state index contributed by atoms with van der Waals surface area (Å²) in [6.45, 7) is 4.09. The van der Waals surface area contributed by atoms with Crippen molar-refractivity contribution in [1.29, 1.82) is 10.5 Å². The van der Waals surface area contributed by atoms with E-state index < -0.39 is 11.7 Å². The molecule has 0 aliphatic carbocycles. The van der Waals surface area contributed by atoms with E-state index in [0.717, 1.165) is 83.1 Å². The number of halogens is 3. The van der Waals surface area contributed by atoms with Crippen LogP contribution < -0.4 is 0 Å². The molecule has 7 heteroatoms. The fourth-order valence-electron chi connectivity index (χ4n) is 8.65. The summed E-state index contributed by atoms with van der Waals surface area (Å²) in [5.74, 6) is 0. The highest BCUT2D eigenvalue weighted by Gasteiger charge is 2.35. The first kappa shape index (κ1) is 36.5. The number of hydrogen-bond donors (Lipinski definition) is 0. The van der Waals surface area contributed by atoms with Crippen molar-refractivity contribution in [3.8, 4) is 56.9 Å². The van der Waals surface area contributed by atoms with Crippen molar-refractivity contribution in [2.45, 2.75) is 20.0 Å². The van der Waals surface area contributed by atoms with E-state index in [0.29, 0.717) is 11.4 Å². The van der Waals surface area contributed by atoms with Gasteiger partial charge in [-0.15, -0.1) is 0 Å². The third-order valence-electron chi connectivity index (χ3n) is 11.6. The SMILES string of the molecule is Cc1ccc(-c2ccc3c(c2)c2ccccc2n3-c2cc(-c3ccc(C#N)cc3C(F)(F)F)c(-n3c4ccccc4c4cc(-c5ccc(C)cc5)ccc43)cc2C#N)cc1. The van der Waals surface area contributed by atoms with E-state index >= 15 is 13.2 Å². The third-order valence-corrected chi connectivity index (χ3v) is 11.6. The number of alkyl halides is 3. The molecule has 0 spiro atoms. The van der Waals surface area contributed by atoms with Crippen molar-refractivity contribution in [3.05, 3.63) is 192 Å². The normalized spacial score (nSPS) is 11.7. The third kappa shape index (κ3) is 5.91. The first-order valence-electron chi connectivity index (χ1n) is 19.5. The lowest BCUT2D eigenvalue weighted by atomic mass is 9.93. The van der Waals surface area contributed by atoms with Crippen molar-refractivity contribution in [3.63, 3.8) is 0 Å². The van der Waals surface area contributed by atoms with Crippen LogP contribution in [0, 0.1) is 36.5 Å². The molecule has 0 amide bonds. The van der Waals surface area contributed by atoms with Crippen molar-refractivity contribution in [2.75, 3.05) is 0 Å². The Bertz CT molecular complexity index is 3450. The smallest absolute Gasteiger partial charge is 0.309 e. The lowest BCUT2D eigenvalue weighted by Crippen LogP contribution is -2.10. The molecular weight excluding hydrogens is 750 g/mol. The van der Waals surface area contributed by atoms with Crippen molar-refractivity contribution in [2.24, 2.45) is 0 Å². The lowest BCUT2D eigenvalue weighted by molar-refractivity contribution is -0.137. The predicted octanol–water partition coefficient (Wildman–Crippen LogP) is 14.3. The molecule has 0 saturated carbocycles. The molecule has 0 aliphatic rings. The molecule has 2 aromatic heterocycles. The molecule has 8 aromatic carbocycles. The number of para-hydroxylation sites is 2. The van der Waals surface area contributed by atoms with Gasteiger partial charge in [0, 0.05) is 27.1 Å². The fraction of sp³-hybridized carbons (Fsp3) is 0.0566. The van der Waals surface area contributed by atoms with Crippen LogP contribution in [0.4, 0.5) is 13.2 Å². The number of fused-ring (bicyclic) bond motifs is 6. The van der Waals surface area contributed by atoms with Gasteiger partial charge in [-0.3, -0.25) is 0 Å². The molecule has 286 valence electrons. The van der Waals surface area contributed by atoms with Crippen molar-refractivity contribution >= 4 is 43.6 Å². The van der Waals surface area contributed by atoms with Gasteiger partial charge in [-0.05, 0) is 102 Å². The van der Waals surface area contributed by atoms with Gasteiger partial charge in [0.25, 0.3) is 0 Å². The van der Waals surface area contributed by atoms with Crippen molar-refractivity contribution in [1.82, 2.24) is 9.13 Å². The van der Waals surface area contributed by atoms with Crippen LogP contribution in [0.25, 0.3) is 88.4 Å². The maximum atomic E-state index is 15.2. The van der Waals surface area contributed by atoms with Gasteiger partial charge in [0.1, 0.15) is 6.07 Å². The summed E-state index contributed by atoms with van der Waals surface area (Å²) >= 11 is 0. The van der Waals surface area contributed by atoms with Gasteiger partial charge in [0.15, 0.2) is 0 Å². The topological polar surface area (TPSA) is 57.4 Å². The van der Waals surface area contributed by atoms with Crippen LogP contribution in [-0.2, 0) is 6.18 Å². The van der Waals surface area contributed by atoms with Gasteiger partial charge in [-0.2, -0.15) is 23.7 Å². The summed E-state index contributed by atoms with van der Waals surface area (Å²) in [6.07, 6.45) is -4.80. The molecule has 2 heterocycles. The minimum absolute atomic E-state index is 0.103. The molecular formula is C53H33F3N4. The summed E-state index contributed by atoms with van der Waals surface area (Å²) in [5.41, 5.74) is 9.81. The van der Waals surface area contributed by atoms with Crippen LogP contribution in [0.3, 0.4) is 0 Å². The Hall–Kier alpha value is -7.87. The van der Waals surface area contributed by atoms with Crippen LogP contribution in [-0.4, -0.2) is 9.13 Å². The van der Waals surface area contributed by atoms with E-state index in [1.165, 1.54) is 12.1 Å². The maximum absolute atomic E-state index is 15.2. The van der Waals surface area contributed by atoms with Gasteiger partial charge in [0.05, 0.1) is 56.2 Å². The average Bonchev–Trinajstić information content (AvgIpc) is 3.78. The Morgan fingerprint density at radius 2 is 0.917 bits per heavy atom. The van der Waals surface area contributed by atoms with Gasteiger partial charge < -0.3 is 9.13 Å². The second-order valence-corrected chi connectivity index (χ2v) is 15.3. The van der Waals surface area contributed by atoms with E-state index in [1.807, 2.05) is 102 Å². The molecule has 10 aromatic rings. The lowest BCUT2D eigenvalue weighted by Gasteiger charge is -2.21. The second-order valence-electron chi connectivity index (χ2n) is 15.3. The first-order chi connectivity index (χ1) is 29.1. The largest absolute Gasteiger partial charge is 0.417 e. The zero-order chi connectivity index (χ0) is 41.3. The number of hydrogen-bond acceptors (Lipinski definition) is 2. The quantitative estimate of drug-likeness (QED) is 0.175. The Morgan fingerprint density at radius 3 is 1.42 bits per heavy atom. The molecule has 0 atom stereocenters. The monoisotopic (exact) mass is 782 g/mol. The molecule has 0 N–H and O–H groups in total. The number of aryl methyl sites for hydroxylation is 2. The number of aromatic nitrogens is 2. The van der Waals surface area contributed by atoms with Crippen LogP contribution in [0.5, 0.6) is 0 Å². The van der Waals surface area contributed by atoms with Gasteiger partial charge in [0.2, 0.25) is 0 Å². The van der Waals surface area contributed by atoms with Crippen molar-refractivity contribution < 1.29 is 13.2 Å². The highest BCUT2D eigenvalue weighted by Crippen LogP contribution is 2.45. The van der Waals surface area contributed by atoms with E-state index in [4.69, 9.17) is 0 Å². The van der Waals surface area contributed by atoms with Crippen LogP contribution in [0.1, 0.15) is 27.8 Å². The second kappa shape index (κ2) is 13.9. The van der Waals surface area contributed by atoms with E-state index in [1.54, 1.807) is 12.1 Å². The molecule has 0 fully saturated rings. The first-order valence-corrected chi connectivity index (χ1v) is 19.5. The Kier molecular flexibility index (Phi) is 8.45. The predicted molar refractivity (Wildman–Crippen MR) is 235 cm³/mol. The van der Waals surface area contributed by atoms with Crippen LogP contribution >= 0.6 is 0 Å². The molecule has 10 rings (SSSR count). The summed E-state index contributed by atoms with van der Waals surface area (Å²) in [6, 6.07) is 56.1. The Balaban J connectivity index is 1.30. The Morgan fingerprint density at radius 1 is 0.433 bits per heavy atom. The molecule has 0 unspecified atom stereocenters. The minimum Gasteiger partial charge on any atom is -0.309 e. The fourth-order valence-corrected chi connectivity index (χ4v) is 8.65. The highest BCUT2D eigenvalue weighted by atomic mass is 19.4. The summed E-state index contributed by atoms with van der Waals surface area (Å²) < 4.78 is 49.6. The van der Waals surface area contributed by atoms with Crippen LogP contribution in [0.15, 0.2) is 164 Å². The number of rotatable bonds is 5. The molecule has 0 aliphatic heterocycles. The zero-order valence-electron chi connectivity index (χ0n) is 32.5. The summed E-state index contributed by atoms with van der Waals surface area (Å²) in [7, 11) is 0. The number of benzene rings is 8. The summed E-state index contributed by atoms with van der Waals surface area (Å²) in [4.78, 5) is 0. The molecule has 60 heavy (non-hydrogen) atoms. The maximum Gasteiger partial charge on any atom is 0.417 e. The van der Waals surface area contributed by atoms with Gasteiger partial charge >= 0.3 is 6.18 Å². The highest BCUT2D eigenvalue weighted by molar-refractivity contribution is 6.12. The van der Waals surface area contributed by atoms with Gasteiger partial charge in [-0.1, -0.05) is 114 Å². The van der Waals surface area contributed by atoms with Gasteiger partial charge in [-0.25, -0.2) is 0 Å². The minimum atomic E-state index is -4.80. The number of nitrogens with zero attached hydrogens (tertiary/aromatic N) is 4. The standard InChI is InChI=1S/C53H33F3N4/c1-32-11-16-35(17-12-32)37-20-23-49-43(26-37)41-7-3-5-9-47(41)59(49)51-29-45(40-22-15-34(30-57)25-46(40)53(54,55)56)52(28-39(51)31-58)60-48-10-6-4-8-42(48)44-27-38(21-24-50(44)60)36-18-13-33(2)14-19-36/h3-29H,1-2H3. The Labute approximate surface area is 343 Å². The summed E-state index contributed by atoms with van der Waals surface area (Å²) in [5, 5.41) is 24.5. The van der Waals surface area contributed by atoms with E-state index in [-0.39, 0.29) is 22.3 Å². The number of nitriles is 2. The molecule has 0 bridgehead atoms. The zero-order valence-corrected chi connectivity index (χ0v) is 32.5.